The van der Waals surface area contributed by atoms with Crippen LogP contribution < -0.4 is 5.32 Å². The number of alkyl carbamates (subject to hydrolysis) is 1. The van der Waals surface area contributed by atoms with Crippen LogP contribution in [0.3, 0.4) is 0 Å². The molecule has 0 saturated carbocycles. The first-order chi connectivity index (χ1) is 14.3. The van der Waals surface area contributed by atoms with Gasteiger partial charge in [-0.05, 0) is 46.6 Å². The molecule has 11 nitrogen and oxygen atoms in total. The van der Waals surface area contributed by atoms with Crippen molar-refractivity contribution in [2.75, 3.05) is 20.2 Å². The lowest BCUT2D eigenvalue weighted by atomic mass is 10.2. The van der Waals surface area contributed by atoms with Crippen LogP contribution in [0.5, 0.6) is 0 Å². The van der Waals surface area contributed by atoms with Gasteiger partial charge in [0.1, 0.15) is 11.6 Å². The minimum Gasteiger partial charge on any atom is -0.468 e. The smallest absolute Gasteiger partial charge is 0.407 e. The van der Waals surface area contributed by atoms with Gasteiger partial charge in [0.15, 0.2) is 4.90 Å². The first-order valence-corrected chi connectivity index (χ1v) is 11.0. The van der Waals surface area contributed by atoms with Crippen molar-refractivity contribution in [2.24, 2.45) is 0 Å². The lowest BCUT2D eigenvalue weighted by Crippen LogP contribution is -2.44. The van der Waals surface area contributed by atoms with E-state index in [9.17, 15) is 28.1 Å². The highest BCUT2D eigenvalue weighted by atomic mass is 32.2. The number of para-hydroxylation sites is 1. The maximum absolute atomic E-state index is 13.2. The van der Waals surface area contributed by atoms with Crippen LogP contribution in [-0.4, -0.2) is 61.6 Å². The average molecular weight is 460 g/mol. The fourth-order valence-electron chi connectivity index (χ4n) is 2.66. The summed E-state index contributed by atoms with van der Waals surface area (Å²) >= 11 is 0. The lowest BCUT2D eigenvalue weighted by Gasteiger charge is -2.26. The van der Waals surface area contributed by atoms with Crippen molar-refractivity contribution in [1.29, 1.82) is 0 Å². The normalized spacial score (nSPS) is 12.8. The fraction of sp³-hybridized carbons (Fsp3) is 0.579. The molecule has 1 atom stereocenters. The molecule has 12 heteroatoms. The van der Waals surface area contributed by atoms with Gasteiger partial charge in [-0.1, -0.05) is 12.1 Å². The highest BCUT2D eigenvalue weighted by Crippen LogP contribution is 2.28. The number of unbranched alkanes of at least 4 members (excludes halogenated alkanes) is 1. The molecule has 1 aromatic rings. The Morgan fingerprint density at radius 2 is 1.84 bits per heavy atom. The van der Waals surface area contributed by atoms with Gasteiger partial charge in [0.2, 0.25) is 0 Å². The maximum Gasteiger partial charge on any atom is 0.407 e. The van der Waals surface area contributed by atoms with Crippen LogP contribution >= 0.6 is 0 Å². The number of nitrogens with one attached hydrogen (secondary N) is 1. The van der Waals surface area contributed by atoms with Gasteiger partial charge in [-0.15, -0.1) is 0 Å². The molecule has 0 aromatic heterocycles. The predicted octanol–water partition coefficient (Wildman–Crippen LogP) is 2.45. The molecule has 1 aromatic carbocycles. The van der Waals surface area contributed by atoms with Crippen LogP contribution in [0.1, 0.15) is 40.5 Å². The first-order valence-electron chi connectivity index (χ1n) is 9.61. The standard InChI is InChI=1S/C19H29N3O8S/c1-14(17(23)29-5)21(13-9-8-12-20-18(24)30-19(2,3)4)31(27,28)16-11-7-6-10-15(16)22(25)26/h6-7,10-11,14H,8-9,12-13H2,1-5H3,(H,20,24). The van der Waals surface area contributed by atoms with Crippen molar-refractivity contribution < 1.29 is 32.4 Å². The first kappa shape index (κ1) is 26.3. The Morgan fingerprint density at radius 3 is 2.39 bits per heavy atom. The molecule has 1 unspecified atom stereocenters. The van der Waals surface area contributed by atoms with Crippen molar-refractivity contribution >= 4 is 27.8 Å². The summed E-state index contributed by atoms with van der Waals surface area (Å²) in [7, 11) is -3.26. The van der Waals surface area contributed by atoms with E-state index in [4.69, 9.17) is 4.74 Å². The lowest BCUT2D eigenvalue weighted by molar-refractivity contribution is -0.387. The Labute approximate surface area is 181 Å². The largest absolute Gasteiger partial charge is 0.468 e. The number of hydrogen-bond acceptors (Lipinski definition) is 8. The van der Waals surface area contributed by atoms with Crippen LogP contribution in [0, 0.1) is 10.1 Å². The topological polar surface area (TPSA) is 145 Å². The number of hydrogen-bond donors (Lipinski definition) is 1. The number of benzene rings is 1. The molecule has 1 N–H and O–H groups in total. The van der Waals surface area contributed by atoms with E-state index in [2.05, 4.69) is 10.1 Å². The van der Waals surface area contributed by atoms with Gasteiger partial charge in [0, 0.05) is 19.2 Å². The van der Waals surface area contributed by atoms with Crippen LogP contribution in [0.4, 0.5) is 10.5 Å². The summed E-state index contributed by atoms with van der Waals surface area (Å²) in [6.07, 6.45) is 0.0624. The number of ether oxygens (including phenoxy) is 2. The van der Waals surface area contributed by atoms with Gasteiger partial charge in [0.25, 0.3) is 15.7 Å². The zero-order chi connectivity index (χ0) is 23.8. The molecule has 174 valence electrons. The number of methoxy groups -OCH3 is 1. The molecular formula is C19H29N3O8S. The molecule has 0 fully saturated rings. The van der Waals surface area contributed by atoms with Gasteiger partial charge >= 0.3 is 12.1 Å². The third kappa shape index (κ3) is 7.79. The predicted molar refractivity (Wildman–Crippen MR) is 112 cm³/mol. The fourth-order valence-corrected chi connectivity index (χ4v) is 4.44. The number of nitrogens with zero attached hydrogens (tertiary/aromatic N) is 2. The molecule has 0 spiro atoms. The molecule has 0 aliphatic heterocycles. The summed E-state index contributed by atoms with van der Waals surface area (Å²) < 4.78 is 37.0. The second-order valence-electron chi connectivity index (χ2n) is 7.68. The molecule has 0 saturated heterocycles. The Balaban J connectivity index is 2.96. The third-order valence-corrected chi connectivity index (χ3v) is 6.11. The second-order valence-corrected chi connectivity index (χ2v) is 9.53. The van der Waals surface area contributed by atoms with Crippen LogP contribution in [0.2, 0.25) is 0 Å². The van der Waals surface area contributed by atoms with E-state index in [0.717, 1.165) is 23.5 Å². The molecule has 0 radical (unpaired) electrons. The minimum atomic E-state index is -4.38. The van der Waals surface area contributed by atoms with Crippen molar-refractivity contribution in [2.45, 2.75) is 57.1 Å². The quantitative estimate of drug-likeness (QED) is 0.243. The Kier molecular flexibility index (Phi) is 9.38. The molecule has 1 rings (SSSR count). The monoisotopic (exact) mass is 459 g/mol. The van der Waals surface area contributed by atoms with Crippen molar-refractivity contribution in [3.05, 3.63) is 34.4 Å². The van der Waals surface area contributed by atoms with E-state index in [1.807, 2.05) is 0 Å². The minimum absolute atomic E-state index is 0.110. The average Bonchev–Trinajstić information content (AvgIpc) is 2.67. The summed E-state index contributed by atoms with van der Waals surface area (Å²) in [4.78, 5) is 33.7. The van der Waals surface area contributed by atoms with E-state index in [-0.39, 0.29) is 19.5 Å². The van der Waals surface area contributed by atoms with Crippen LogP contribution in [0.15, 0.2) is 29.2 Å². The van der Waals surface area contributed by atoms with Crippen LogP contribution in [-0.2, 0) is 24.3 Å². The summed E-state index contributed by atoms with van der Waals surface area (Å²) in [6, 6.07) is 3.72. The summed E-state index contributed by atoms with van der Waals surface area (Å²) in [5.41, 5.74) is -1.23. The molecular weight excluding hydrogens is 430 g/mol. The maximum atomic E-state index is 13.2. The zero-order valence-electron chi connectivity index (χ0n) is 18.3. The van der Waals surface area contributed by atoms with E-state index in [1.54, 1.807) is 20.8 Å². The number of sulfonamides is 1. The van der Waals surface area contributed by atoms with Gasteiger partial charge in [-0.3, -0.25) is 14.9 Å². The third-order valence-electron chi connectivity index (χ3n) is 4.10. The van der Waals surface area contributed by atoms with Gasteiger partial charge in [-0.2, -0.15) is 4.31 Å². The number of carbonyl (C=O) groups excluding carboxylic acids is 2. The second kappa shape index (κ2) is 11.0. The Hall–Kier alpha value is -2.73. The van der Waals surface area contributed by atoms with E-state index < -0.39 is 49.2 Å². The SMILES string of the molecule is COC(=O)C(C)N(CCCCNC(=O)OC(C)(C)C)S(=O)(=O)c1ccccc1[N+](=O)[O-]. The Bertz CT molecular complexity index is 896. The number of amides is 1. The van der Waals surface area contributed by atoms with Gasteiger partial charge in [-0.25, -0.2) is 13.2 Å². The number of carbonyl (C=O) groups is 2. The highest BCUT2D eigenvalue weighted by molar-refractivity contribution is 7.89. The zero-order valence-corrected chi connectivity index (χ0v) is 19.1. The number of rotatable bonds is 10. The molecule has 0 bridgehead atoms. The van der Waals surface area contributed by atoms with Gasteiger partial charge in [0.05, 0.1) is 12.0 Å². The van der Waals surface area contributed by atoms with Crippen molar-refractivity contribution in [3.8, 4) is 0 Å². The van der Waals surface area contributed by atoms with E-state index in [0.29, 0.717) is 6.42 Å². The highest BCUT2D eigenvalue weighted by Gasteiger charge is 2.37. The Morgan fingerprint density at radius 1 is 1.23 bits per heavy atom. The summed E-state index contributed by atoms with van der Waals surface area (Å²) in [5, 5.41) is 13.9. The number of nitro groups is 1. The van der Waals surface area contributed by atoms with Gasteiger partial charge < -0.3 is 14.8 Å². The number of nitro benzene ring substituents is 1. The summed E-state index contributed by atoms with van der Waals surface area (Å²) in [5.74, 6) is -0.797. The van der Waals surface area contributed by atoms with E-state index in [1.165, 1.54) is 19.1 Å². The molecule has 31 heavy (non-hydrogen) atoms. The summed E-state index contributed by atoms with van der Waals surface area (Å²) in [6.45, 7) is 6.64. The number of esters is 1. The molecule has 0 heterocycles. The van der Waals surface area contributed by atoms with E-state index >= 15 is 0 Å². The molecule has 1 amide bonds. The van der Waals surface area contributed by atoms with Crippen LogP contribution in [0.25, 0.3) is 0 Å². The van der Waals surface area contributed by atoms with Crippen molar-refractivity contribution in [3.63, 3.8) is 0 Å². The van der Waals surface area contributed by atoms with Crippen molar-refractivity contribution in [1.82, 2.24) is 9.62 Å². The molecule has 0 aliphatic rings. The molecule has 0 aliphatic carbocycles.